The van der Waals surface area contributed by atoms with E-state index in [1.165, 1.54) is 43.3 Å². The molecule has 3 aromatic heterocycles. The number of hydrogen-bond donors (Lipinski definition) is 12. The molecule has 0 unspecified atom stereocenters. The zero-order valence-corrected chi connectivity index (χ0v) is 41.0. The number of allylic oxidation sites excluding steroid dienone is 2. The Morgan fingerprint density at radius 2 is 0.813 bits per heavy atom. The minimum Gasteiger partial charge on any atom is -0.508 e. The van der Waals surface area contributed by atoms with Gasteiger partial charge in [-0.1, -0.05) is 19.1 Å². The minimum atomic E-state index is -0.897. The number of rotatable bonds is 5. The zero-order valence-electron chi connectivity index (χ0n) is 41.0. The molecular weight excluding hydrogens is 973 g/mol. The first-order valence-electron chi connectivity index (χ1n) is 22.4. The molecule has 9 rings (SSSR count). The Morgan fingerprint density at radius 3 is 1.27 bits per heavy atom. The van der Waals surface area contributed by atoms with Crippen molar-refractivity contribution in [2.45, 2.75) is 69.2 Å². The van der Waals surface area contributed by atoms with E-state index in [0.29, 0.717) is 22.3 Å². The van der Waals surface area contributed by atoms with Gasteiger partial charge in [-0.25, -0.2) is 0 Å². The number of hydrogen-bond acceptors (Lipinski definition) is 18. The molecule has 0 amide bonds. The van der Waals surface area contributed by atoms with Gasteiger partial charge in [0.25, 0.3) is 0 Å². The predicted octanol–water partition coefficient (Wildman–Crippen LogP) is 10.8. The smallest absolute Gasteiger partial charge is 0.238 e. The van der Waals surface area contributed by atoms with Gasteiger partial charge in [0.05, 0.1) is 0 Å². The molecule has 0 bridgehead atoms. The number of aryl methyl sites for hydroxylation is 3. The van der Waals surface area contributed by atoms with E-state index < -0.39 is 45.0 Å². The minimum absolute atomic E-state index is 0. The number of benzene rings is 6. The lowest BCUT2D eigenvalue weighted by atomic mass is 10.0. The summed E-state index contributed by atoms with van der Waals surface area (Å²) in [6, 6.07) is 14.9. The van der Waals surface area contributed by atoms with Gasteiger partial charge in [0.2, 0.25) is 33.5 Å². The van der Waals surface area contributed by atoms with E-state index in [-0.39, 0.29) is 121 Å². The van der Waals surface area contributed by atoms with Gasteiger partial charge >= 0.3 is 0 Å². The van der Waals surface area contributed by atoms with Crippen LogP contribution in [0.3, 0.4) is 0 Å². The third-order valence-electron chi connectivity index (χ3n) is 12.4. The van der Waals surface area contributed by atoms with Crippen LogP contribution < -0.4 is 16.3 Å². The molecule has 75 heavy (non-hydrogen) atoms. The maximum Gasteiger partial charge on any atom is 0.238 e. The first-order valence-corrected chi connectivity index (χ1v) is 22.4. The van der Waals surface area contributed by atoms with E-state index in [4.69, 9.17) is 13.3 Å². The summed E-state index contributed by atoms with van der Waals surface area (Å²) in [6.07, 6.45) is 2.03. The van der Waals surface area contributed by atoms with Crippen molar-refractivity contribution in [3.05, 3.63) is 148 Å². The average Bonchev–Trinajstić information content (AvgIpc) is 3.31. The van der Waals surface area contributed by atoms with Crippen LogP contribution in [0.2, 0.25) is 0 Å². The Labute approximate surface area is 426 Å². The molecule has 0 aliphatic carbocycles. The van der Waals surface area contributed by atoms with Crippen LogP contribution >= 0.6 is 0 Å². The van der Waals surface area contributed by atoms with Gasteiger partial charge in [0.1, 0.15) is 84.7 Å². The van der Waals surface area contributed by atoms with E-state index in [1.54, 1.807) is 45.9 Å². The first-order chi connectivity index (χ1) is 34.7. The fourth-order valence-electron chi connectivity index (χ4n) is 7.92. The summed E-state index contributed by atoms with van der Waals surface area (Å²) >= 11 is 0. The van der Waals surface area contributed by atoms with Gasteiger partial charge in [-0.2, -0.15) is 0 Å². The normalized spacial score (nSPS) is 10.9. The van der Waals surface area contributed by atoms with Crippen LogP contribution in [0.1, 0.15) is 60.2 Å². The molecule has 18 nitrogen and oxygen atoms in total. The summed E-state index contributed by atoms with van der Waals surface area (Å²) in [6.45, 7) is 14.1. The zero-order chi connectivity index (χ0) is 54.5. The second kappa shape index (κ2) is 20.8. The van der Waals surface area contributed by atoms with Crippen LogP contribution in [-0.2, 0) is 6.42 Å². The summed E-state index contributed by atoms with van der Waals surface area (Å²) in [5.41, 5.74) is 3.46. The maximum atomic E-state index is 12.7. The fourth-order valence-corrected chi connectivity index (χ4v) is 7.92. The van der Waals surface area contributed by atoms with Gasteiger partial charge in [0, 0.05) is 46.0 Å². The molecule has 0 saturated carbocycles. The average molecular weight is 1030 g/mol. The van der Waals surface area contributed by atoms with Crippen molar-refractivity contribution < 1.29 is 74.5 Å². The topological polar surface area (TPSA) is 333 Å². The molecule has 18 heteroatoms. The van der Waals surface area contributed by atoms with Crippen molar-refractivity contribution in [2.75, 3.05) is 0 Å². The third-order valence-corrected chi connectivity index (χ3v) is 12.4. The van der Waals surface area contributed by atoms with E-state index in [0.717, 1.165) is 34.4 Å². The molecule has 390 valence electrons. The highest BCUT2D eigenvalue weighted by Crippen LogP contribution is 2.42. The lowest BCUT2D eigenvalue weighted by molar-refractivity contribution is 0.433. The molecule has 0 radical (unpaired) electrons. The summed E-state index contributed by atoms with van der Waals surface area (Å²) in [4.78, 5) is 37.3. The molecule has 0 aliphatic heterocycles. The number of aromatic hydroxyl groups is 12. The highest BCUT2D eigenvalue weighted by Gasteiger charge is 2.25. The van der Waals surface area contributed by atoms with Gasteiger partial charge in [0.15, 0.2) is 17.3 Å². The second-order valence-corrected chi connectivity index (χ2v) is 17.9. The van der Waals surface area contributed by atoms with Gasteiger partial charge in [-0.05, 0) is 138 Å². The largest absolute Gasteiger partial charge is 0.508 e. The highest BCUT2D eigenvalue weighted by atomic mass is 16.4. The van der Waals surface area contributed by atoms with Gasteiger partial charge in [-0.15, -0.1) is 0 Å². The molecule has 0 fully saturated rings. The lowest BCUT2D eigenvalue weighted by Gasteiger charge is -2.12. The lowest BCUT2D eigenvalue weighted by Crippen LogP contribution is -2.05. The van der Waals surface area contributed by atoms with Crippen LogP contribution in [-0.4, -0.2) is 61.3 Å². The SMILES string of the molecule is C.CC(C)=CCc1c(O)cc(O)c2c(=O)c(O)c(-c3cc(O)c(C)c(O)c3)oc12.Cc1cc(-c2oc3cc(O)cc(O)c3c(=O)c2O)cc(O)c1C.Cc1cc(O)c2c(=O)c(O)c(-c3cc(C)c(C)c(O)c3)oc2c1. The van der Waals surface area contributed by atoms with Crippen molar-refractivity contribution in [3.8, 4) is 103 Å². The second-order valence-electron chi connectivity index (χ2n) is 17.9. The van der Waals surface area contributed by atoms with Crippen LogP contribution in [0.15, 0.2) is 106 Å². The van der Waals surface area contributed by atoms with Crippen LogP contribution in [0.5, 0.6) is 69.0 Å². The standard InChI is InChI=1S/C21H20O7.C18H16O5.C17H14O6.CH4/c1-9(2)4-5-12-15(24)8-16(25)17-18(26)19(27)20(28-21(12)17)11-6-13(22)10(3)14(23)7-11;1-8-4-13(20)15-14(5-8)23-18(17(22)16(15)21)11-6-9(2)10(3)12(19)7-11;1-7-3-9(4-11(19)8(7)2)17-16(22)15(21)14-12(20)5-10(18)6-13(14)23-17;/h4,6-8,22-25,27H,5H2,1-3H3;4-7,19-20,22H,1-3H3;3-6,18-20,22H,1-2H3;1H4. The summed E-state index contributed by atoms with van der Waals surface area (Å²) in [7, 11) is 0. The van der Waals surface area contributed by atoms with E-state index in [2.05, 4.69) is 0 Å². The Morgan fingerprint density at radius 1 is 0.427 bits per heavy atom. The van der Waals surface area contributed by atoms with Crippen LogP contribution in [0.4, 0.5) is 0 Å². The Hall–Kier alpha value is -9.71. The molecule has 9 aromatic rings. The van der Waals surface area contributed by atoms with E-state index in [1.807, 2.05) is 26.8 Å². The van der Waals surface area contributed by atoms with Crippen molar-refractivity contribution in [1.29, 1.82) is 0 Å². The molecule has 0 saturated heterocycles. The van der Waals surface area contributed by atoms with Crippen molar-refractivity contribution >= 4 is 32.9 Å². The van der Waals surface area contributed by atoms with Gasteiger partial charge in [-0.3, -0.25) is 14.4 Å². The highest BCUT2D eigenvalue weighted by molar-refractivity contribution is 5.92. The molecule has 6 aromatic carbocycles. The molecule has 12 N–H and O–H groups in total. The molecule has 0 aliphatic rings. The van der Waals surface area contributed by atoms with Gasteiger partial charge < -0.3 is 74.5 Å². The molecule has 0 spiro atoms. The van der Waals surface area contributed by atoms with E-state index in [9.17, 15) is 75.7 Å². The third kappa shape index (κ3) is 10.3. The Balaban J connectivity index is 0.000000183. The van der Waals surface area contributed by atoms with Crippen LogP contribution in [0, 0.1) is 41.5 Å². The fraction of sp³-hybridized carbons (Fsp3) is 0.175. The number of phenolic OH excluding ortho intramolecular Hbond substituents is 9. The number of fused-ring (bicyclic) bond motifs is 3. The quantitative estimate of drug-likeness (QED) is 0.0713. The van der Waals surface area contributed by atoms with E-state index >= 15 is 0 Å². The molecular formula is C57H54O18. The van der Waals surface area contributed by atoms with Crippen molar-refractivity contribution in [2.24, 2.45) is 0 Å². The van der Waals surface area contributed by atoms with Crippen molar-refractivity contribution in [3.63, 3.8) is 0 Å². The monoisotopic (exact) mass is 1030 g/mol. The summed E-state index contributed by atoms with van der Waals surface area (Å²) < 4.78 is 16.9. The number of phenols is 9. The summed E-state index contributed by atoms with van der Waals surface area (Å²) in [5, 5.41) is 120. The predicted molar refractivity (Wildman–Crippen MR) is 282 cm³/mol. The summed E-state index contributed by atoms with van der Waals surface area (Å²) in [5.74, 6) is -4.80. The van der Waals surface area contributed by atoms with Crippen molar-refractivity contribution in [1.82, 2.24) is 0 Å². The Kier molecular flexibility index (Phi) is 15.1. The molecule has 3 heterocycles. The first kappa shape index (κ1) is 54.6. The van der Waals surface area contributed by atoms with Crippen LogP contribution in [0.25, 0.3) is 66.9 Å². The molecule has 0 atom stereocenters. The maximum absolute atomic E-state index is 12.7. The Bertz CT molecular complexity index is 3770.